The van der Waals surface area contributed by atoms with Crippen LogP contribution in [-0.4, -0.2) is 80.6 Å². The average molecular weight is 410 g/mol. The second kappa shape index (κ2) is 9.67. The largest absolute Gasteiger partial charge is 0.394 e. The number of aromatic nitrogens is 3. The van der Waals surface area contributed by atoms with Crippen molar-refractivity contribution in [2.45, 2.75) is 64.8 Å². The zero-order valence-corrected chi connectivity index (χ0v) is 17.7. The Morgan fingerprint density at radius 3 is 2.93 bits per heavy atom. The second-order valence-electron chi connectivity index (χ2n) is 8.47. The Hall–Kier alpha value is -2.00. The van der Waals surface area contributed by atoms with Crippen LogP contribution >= 0.6 is 0 Å². The molecule has 2 amide bonds. The predicted molar refractivity (Wildman–Crippen MR) is 108 cm³/mol. The lowest BCUT2D eigenvalue weighted by molar-refractivity contribution is -0.138. The highest BCUT2D eigenvalue weighted by Crippen LogP contribution is 2.31. The number of hydrogen-bond acceptors (Lipinski definition) is 6. The molecule has 9 heteroatoms. The van der Waals surface area contributed by atoms with E-state index in [4.69, 9.17) is 4.74 Å². The molecule has 2 heterocycles. The Bertz CT molecular complexity index is 711. The first-order valence-corrected chi connectivity index (χ1v) is 10.5. The summed E-state index contributed by atoms with van der Waals surface area (Å²) in [7, 11) is 1.81. The van der Waals surface area contributed by atoms with Crippen LogP contribution in [0.5, 0.6) is 0 Å². The quantitative estimate of drug-likeness (QED) is 0.776. The number of aliphatic hydroxyl groups is 1. The Balaban J connectivity index is 0.00000320. The van der Waals surface area contributed by atoms with Crippen LogP contribution in [0.4, 0.5) is 0 Å². The molecule has 2 bridgehead atoms. The summed E-state index contributed by atoms with van der Waals surface area (Å²) in [4.78, 5) is 28.7. The standard InChI is InChI=1S/C20H33N5O4.H2/c1-14-9-25(15(2)12-26)19(27)5-4-8-24-10-17(21-22-24)13-29-18(14)11-23(3)20(28)16-6-7-16;/h10,14-16,18,26H,4-9,11-13H2,1-3H3;1H/t14-,15+,18+;/m0./s1. The Kier molecular flexibility index (Phi) is 7.23. The number of nitrogens with zero attached hydrogens (tertiary/aromatic N) is 5. The monoisotopic (exact) mass is 409 g/mol. The summed E-state index contributed by atoms with van der Waals surface area (Å²) in [5.41, 5.74) is 0.740. The molecule has 9 nitrogen and oxygen atoms in total. The van der Waals surface area contributed by atoms with Gasteiger partial charge in [0.2, 0.25) is 11.8 Å². The van der Waals surface area contributed by atoms with Crippen molar-refractivity contribution in [3.05, 3.63) is 11.9 Å². The van der Waals surface area contributed by atoms with Gasteiger partial charge in [-0.1, -0.05) is 12.1 Å². The van der Waals surface area contributed by atoms with Gasteiger partial charge in [-0.3, -0.25) is 14.3 Å². The normalized spacial score (nSPS) is 25.0. The van der Waals surface area contributed by atoms with Gasteiger partial charge in [0.25, 0.3) is 0 Å². The number of carbonyl (C=O) groups is 2. The number of likely N-dealkylation sites (N-methyl/N-ethyl adjacent to an activating group) is 1. The van der Waals surface area contributed by atoms with E-state index in [1.807, 2.05) is 27.1 Å². The summed E-state index contributed by atoms with van der Waals surface area (Å²) in [6.45, 7) is 5.64. The van der Waals surface area contributed by atoms with Gasteiger partial charge in [0, 0.05) is 46.4 Å². The van der Waals surface area contributed by atoms with E-state index in [2.05, 4.69) is 10.3 Å². The van der Waals surface area contributed by atoms with Gasteiger partial charge >= 0.3 is 0 Å². The molecular formula is C20H35N5O4. The first kappa shape index (κ1) is 21.7. The third-order valence-electron chi connectivity index (χ3n) is 5.80. The summed E-state index contributed by atoms with van der Waals surface area (Å²) in [5.74, 6) is 0.307. The summed E-state index contributed by atoms with van der Waals surface area (Å²) >= 11 is 0. The molecule has 0 unspecified atom stereocenters. The van der Waals surface area contributed by atoms with Gasteiger partial charge in [0.05, 0.1) is 31.6 Å². The molecule has 1 aliphatic carbocycles. The van der Waals surface area contributed by atoms with Crippen molar-refractivity contribution >= 4 is 11.8 Å². The average Bonchev–Trinajstić information content (AvgIpc) is 3.46. The molecule has 3 atom stereocenters. The third kappa shape index (κ3) is 5.76. The maximum Gasteiger partial charge on any atom is 0.225 e. The van der Waals surface area contributed by atoms with Crippen LogP contribution in [0.2, 0.25) is 0 Å². The topological polar surface area (TPSA) is 101 Å². The van der Waals surface area contributed by atoms with E-state index in [9.17, 15) is 14.7 Å². The van der Waals surface area contributed by atoms with E-state index in [-0.39, 0.29) is 43.8 Å². The summed E-state index contributed by atoms with van der Waals surface area (Å²) < 4.78 is 7.90. The molecule has 1 fully saturated rings. The van der Waals surface area contributed by atoms with Crippen molar-refractivity contribution in [3.63, 3.8) is 0 Å². The van der Waals surface area contributed by atoms with Gasteiger partial charge in [-0.25, -0.2) is 0 Å². The fourth-order valence-corrected chi connectivity index (χ4v) is 3.69. The first-order chi connectivity index (χ1) is 13.9. The van der Waals surface area contributed by atoms with Crippen molar-refractivity contribution in [3.8, 4) is 0 Å². The van der Waals surface area contributed by atoms with Crippen molar-refractivity contribution in [2.24, 2.45) is 11.8 Å². The Labute approximate surface area is 173 Å². The number of ether oxygens (including phenoxy) is 1. The van der Waals surface area contributed by atoms with Gasteiger partial charge in [-0.15, -0.1) is 5.10 Å². The number of amides is 2. The van der Waals surface area contributed by atoms with Crippen molar-refractivity contribution < 1.29 is 20.9 Å². The van der Waals surface area contributed by atoms with Crippen LogP contribution in [0.1, 0.15) is 46.7 Å². The fraction of sp³-hybridized carbons (Fsp3) is 0.800. The van der Waals surface area contributed by atoms with E-state index in [0.717, 1.165) is 18.5 Å². The van der Waals surface area contributed by atoms with Crippen LogP contribution in [0.15, 0.2) is 6.20 Å². The van der Waals surface area contributed by atoms with Gasteiger partial charge in [-0.2, -0.15) is 0 Å². The molecule has 0 aromatic carbocycles. The Morgan fingerprint density at radius 1 is 1.48 bits per heavy atom. The number of aryl methyl sites for hydroxylation is 1. The number of rotatable bonds is 5. The van der Waals surface area contributed by atoms with Crippen LogP contribution in [-0.2, 0) is 27.5 Å². The molecule has 1 N–H and O–H groups in total. The highest BCUT2D eigenvalue weighted by Gasteiger charge is 2.34. The highest BCUT2D eigenvalue weighted by molar-refractivity contribution is 5.80. The SMILES string of the molecule is C[C@H](CO)N1C[C@H](C)[C@@H](CN(C)C(=O)C2CC2)OCc2cn(nn2)CCCC1=O.[HH]. The predicted octanol–water partition coefficient (Wildman–Crippen LogP) is 0.917. The molecule has 0 radical (unpaired) electrons. The number of carbonyl (C=O) groups excluding carboxylic acids is 2. The summed E-state index contributed by atoms with van der Waals surface area (Å²) in [6.07, 6.45) is 4.56. The lowest BCUT2D eigenvalue weighted by atomic mass is 10.0. The lowest BCUT2D eigenvalue weighted by Gasteiger charge is -2.35. The van der Waals surface area contributed by atoms with Crippen molar-refractivity contribution in [2.75, 3.05) is 26.7 Å². The minimum absolute atomic E-state index is 0. The van der Waals surface area contributed by atoms with Crippen LogP contribution in [0, 0.1) is 11.8 Å². The smallest absolute Gasteiger partial charge is 0.225 e. The first-order valence-electron chi connectivity index (χ1n) is 10.5. The van der Waals surface area contributed by atoms with E-state index in [1.165, 1.54) is 0 Å². The van der Waals surface area contributed by atoms with Gasteiger partial charge in [0.15, 0.2) is 0 Å². The molecule has 1 aliphatic heterocycles. The highest BCUT2D eigenvalue weighted by atomic mass is 16.5. The van der Waals surface area contributed by atoms with Gasteiger partial charge in [0.1, 0.15) is 5.69 Å². The number of hydrogen-bond donors (Lipinski definition) is 1. The molecule has 164 valence electrons. The zero-order chi connectivity index (χ0) is 21.0. The molecule has 2 aliphatic rings. The molecule has 1 saturated carbocycles. The fourth-order valence-electron chi connectivity index (χ4n) is 3.69. The number of fused-ring (bicyclic) bond motifs is 2. The minimum Gasteiger partial charge on any atom is -0.394 e. The van der Waals surface area contributed by atoms with E-state index >= 15 is 0 Å². The maximum atomic E-state index is 12.8. The third-order valence-corrected chi connectivity index (χ3v) is 5.80. The summed E-state index contributed by atoms with van der Waals surface area (Å²) in [6, 6.07) is -0.265. The van der Waals surface area contributed by atoms with Crippen LogP contribution in [0.25, 0.3) is 0 Å². The Morgan fingerprint density at radius 2 is 2.24 bits per heavy atom. The molecule has 0 saturated heterocycles. The van der Waals surface area contributed by atoms with E-state index in [1.54, 1.807) is 14.5 Å². The van der Waals surface area contributed by atoms with Crippen LogP contribution < -0.4 is 0 Å². The number of aliphatic hydroxyl groups excluding tert-OH is 1. The molecule has 0 spiro atoms. The summed E-state index contributed by atoms with van der Waals surface area (Å²) in [5, 5.41) is 17.9. The van der Waals surface area contributed by atoms with Gasteiger partial charge < -0.3 is 19.6 Å². The van der Waals surface area contributed by atoms with Crippen LogP contribution in [0.3, 0.4) is 0 Å². The minimum atomic E-state index is -0.265. The molecule has 1 aromatic rings. The molecular weight excluding hydrogens is 374 g/mol. The molecule has 1 aromatic heterocycles. The second-order valence-corrected chi connectivity index (χ2v) is 8.47. The maximum absolute atomic E-state index is 12.8. The van der Waals surface area contributed by atoms with E-state index in [0.29, 0.717) is 39.1 Å². The van der Waals surface area contributed by atoms with Crippen molar-refractivity contribution in [1.82, 2.24) is 24.8 Å². The van der Waals surface area contributed by atoms with Gasteiger partial charge in [-0.05, 0) is 26.2 Å². The van der Waals surface area contributed by atoms with E-state index < -0.39 is 0 Å². The lowest BCUT2D eigenvalue weighted by Crippen LogP contribution is -2.47. The zero-order valence-electron chi connectivity index (χ0n) is 17.7. The molecule has 29 heavy (non-hydrogen) atoms. The van der Waals surface area contributed by atoms with Crippen molar-refractivity contribution in [1.29, 1.82) is 0 Å². The molecule has 3 rings (SSSR count).